The lowest BCUT2D eigenvalue weighted by Crippen LogP contribution is -2.39. The van der Waals surface area contributed by atoms with Gasteiger partial charge in [0.15, 0.2) is 0 Å². The fourth-order valence-corrected chi connectivity index (χ4v) is 3.21. The molecule has 2 aromatic rings. The van der Waals surface area contributed by atoms with E-state index in [2.05, 4.69) is 5.32 Å². The molecule has 11 heteroatoms. The van der Waals surface area contributed by atoms with Crippen LogP contribution in [0, 0.1) is 0 Å². The zero-order valence-corrected chi connectivity index (χ0v) is 15.8. The van der Waals surface area contributed by atoms with E-state index < -0.39 is 41.2 Å². The highest BCUT2D eigenvalue weighted by Crippen LogP contribution is 2.37. The highest BCUT2D eigenvalue weighted by molar-refractivity contribution is 5.90. The molecule has 0 aliphatic carbocycles. The lowest BCUT2D eigenvalue weighted by Gasteiger charge is -2.18. The summed E-state index contributed by atoms with van der Waals surface area (Å²) in [6.07, 6.45) is -10.1. The van der Waals surface area contributed by atoms with Gasteiger partial charge in [-0.05, 0) is 23.8 Å². The first-order chi connectivity index (χ1) is 14.4. The molecule has 1 unspecified atom stereocenters. The number of benzene rings is 2. The Labute approximate surface area is 173 Å². The number of likely N-dealkylation sites (tertiary alicyclic amines) is 1. The number of hydrogen-bond donors (Lipinski definition) is 2. The van der Waals surface area contributed by atoms with E-state index >= 15 is 0 Å². The minimum absolute atomic E-state index is 0.0276. The fraction of sp³-hybridized carbons (Fsp3) is 0.300. The average molecular weight is 445 g/mol. The summed E-state index contributed by atoms with van der Waals surface area (Å²) in [6, 6.07) is 8.25. The Morgan fingerprint density at radius 1 is 0.968 bits per heavy atom. The van der Waals surface area contributed by atoms with Crippen molar-refractivity contribution in [3.8, 4) is 0 Å². The maximum absolute atomic E-state index is 12.9. The first-order valence-electron chi connectivity index (χ1n) is 9.10. The molecule has 1 aliphatic heterocycles. The van der Waals surface area contributed by atoms with Crippen molar-refractivity contribution in [3.05, 3.63) is 65.2 Å². The largest absolute Gasteiger partial charge is 0.416 e. The molecule has 0 radical (unpaired) electrons. The van der Waals surface area contributed by atoms with Crippen molar-refractivity contribution in [2.24, 2.45) is 0 Å². The van der Waals surface area contributed by atoms with E-state index in [1.165, 1.54) is 4.90 Å². The molecule has 1 fully saturated rings. The summed E-state index contributed by atoms with van der Waals surface area (Å²) in [5.74, 6) is -0.229. The molecule has 1 saturated heterocycles. The lowest BCUT2D eigenvalue weighted by molar-refractivity contribution is -0.143. The maximum atomic E-state index is 12.9. The molecular formula is C20H17F6N3O2. The normalized spacial score (nSPS) is 17.0. The van der Waals surface area contributed by atoms with Crippen molar-refractivity contribution in [3.63, 3.8) is 0 Å². The van der Waals surface area contributed by atoms with Gasteiger partial charge < -0.3 is 15.5 Å². The Morgan fingerprint density at radius 3 is 2.10 bits per heavy atom. The SMILES string of the molecule is O=C(Nc1cc(C(F)(F)F)cc(C(F)(F)F)c1)NC1CC(=O)N(Cc2ccccc2)C1. The molecule has 1 atom stereocenters. The zero-order valence-electron chi connectivity index (χ0n) is 15.8. The van der Waals surface area contributed by atoms with Gasteiger partial charge in [0.05, 0.1) is 17.2 Å². The number of halogens is 6. The van der Waals surface area contributed by atoms with E-state index in [0.29, 0.717) is 18.7 Å². The van der Waals surface area contributed by atoms with E-state index in [0.717, 1.165) is 5.56 Å². The third-order valence-corrected chi connectivity index (χ3v) is 4.61. The van der Waals surface area contributed by atoms with Gasteiger partial charge in [-0.1, -0.05) is 30.3 Å². The van der Waals surface area contributed by atoms with Crippen LogP contribution >= 0.6 is 0 Å². The van der Waals surface area contributed by atoms with Crippen molar-refractivity contribution in [2.75, 3.05) is 11.9 Å². The smallest absolute Gasteiger partial charge is 0.336 e. The van der Waals surface area contributed by atoms with Gasteiger partial charge in [-0.25, -0.2) is 4.79 Å². The molecule has 2 aromatic carbocycles. The topological polar surface area (TPSA) is 61.4 Å². The van der Waals surface area contributed by atoms with Crippen LogP contribution in [0.25, 0.3) is 0 Å². The van der Waals surface area contributed by atoms with Crippen molar-refractivity contribution in [2.45, 2.75) is 31.4 Å². The Bertz CT molecular complexity index is 927. The van der Waals surface area contributed by atoms with Crippen molar-refractivity contribution < 1.29 is 35.9 Å². The monoisotopic (exact) mass is 445 g/mol. The first-order valence-corrected chi connectivity index (χ1v) is 9.10. The number of nitrogens with zero attached hydrogens (tertiary/aromatic N) is 1. The Kier molecular flexibility index (Phi) is 6.14. The minimum atomic E-state index is -5.02. The second-order valence-electron chi connectivity index (χ2n) is 7.05. The summed E-state index contributed by atoms with van der Waals surface area (Å²) < 4.78 is 77.6. The van der Waals surface area contributed by atoms with Crippen LogP contribution < -0.4 is 10.6 Å². The highest BCUT2D eigenvalue weighted by Gasteiger charge is 2.37. The van der Waals surface area contributed by atoms with Gasteiger partial charge in [-0.3, -0.25) is 4.79 Å². The highest BCUT2D eigenvalue weighted by atomic mass is 19.4. The average Bonchev–Trinajstić information content (AvgIpc) is 2.99. The van der Waals surface area contributed by atoms with E-state index in [9.17, 15) is 35.9 Å². The number of urea groups is 1. The third kappa shape index (κ3) is 5.89. The third-order valence-electron chi connectivity index (χ3n) is 4.61. The minimum Gasteiger partial charge on any atom is -0.336 e. The first kappa shape index (κ1) is 22.4. The molecule has 2 N–H and O–H groups in total. The summed E-state index contributed by atoms with van der Waals surface area (Å²) in [5, 5.41) is 4.41. The number of hydrogen-bond acceptors (Lipinski definition) is 2. The number of nitrogens with one attached hydrogen (secondary N) is 2. The molecule has 0 aromatic heterocycles. The standard InChI is InChI=1S/C20H17F6N3O2/c21-19(22,23)13-6-14(20(24,25)26)8-15(7-13)27-18(31)28-16-9-17(30)29(11-16)10-12-4-2-1-3-5-12/h1-8,16H,9-11H2,(H2,27,28,31). The summed E-state index contributed by atoms with van der Waals surface area (Å²) in [4.78, 5) is 25.8. The molecule has 5 nitrogen and oxygen atoms in total. The number of anilines is 1. The Balaban J connectivity index is 1.66. The maximum Gasteiger partial charge on any atom is 0.416 e. The van der Waals surface area contributed by atoms with Gasteiger partial charge in [0.25, 0.3) is 0 Å². The number of carbonyl (C=O) groups excluding carboxylic acids is 2. The van der Waals surface area contributed by atoms with Crippen LogP contribution in [0.5, 0.6) is 0 Å². The number of carbonyl (C=O) groups is 2. The van der Waals surface area contributed by atoms with Gasteiger partial charge in [-0.2, -0.15) is 26.3 Å². The molecule has 1 aliphatic rings. The van der Waals surface area contributed by atoms with Crippen molar-refractivity contribution in [1.29, 1.82) is 0 Å². The van der Waals surface area contributed by atoms with Gasteiger partial charge in [-0.15, -0.1) is 0 Å². The molecule has 0 spiro atoms. The Hall–Kier alpha value is -3.24. The van der Waals surface area contributed by atoms with E-state index in [4.69, 9.17) is 0 Å². The van der Waals surface area contributed by atoms with Gasteiger partial charge >= 0.3 is 18.4 Å². The molecule has 166 valence electrons. The summed E-state index contributed by atoms with van der Waals surface area (Å²) in [5.41, 5.74) is -2.86. The van der Waals surface area contributed by atoms with Crippen molar-refractivity contribution >= 4 is 17.6 Å². The second kappa shape index (κ2) is 8.48. The van der Waals surface area contributed by atoms with E-state index in [1.54, 1.807) is 0 Å². The molecular weight excluding hydrogens is 428 g/mol. The van der Waals surface area contributed by atoms with E-state index in [-0.39, 0.29) is 24.9 Å². The summed E-state index contributed by atoms with van der Waals surface area (Å²) >= 11 is 0. The van der Waals surface area contributed by atoms with Crippen LogP contribution in [0.4, 0.5) is 36.8 Å². The molecule has 1 heterocycles. The van der Waals surface area contributed by atoms with E-state index in [1.807, 2.05) is 35.6 Å². The fourth-order valence-electron chi connectivity index (χ4n) is 3.21. The van der Waals surface area contributed by atoms with Crippen LogP contribution in [0.2, 0.25) is 0 Å². The predicted molar refractivity (Wildman–Crippen MR) is 98.9 cm³/mol. The summed E-state index contributed by atoms with van der Waals surface area (Å²) in [6.45, 7) is 0.486. The van der Waals surface area contributed by atoms with Gasteiger partial charge in [0, 0.05) is 25.2 Å². The van der Waals surface area contributed by atoms with Crippen LogP contribution in [-0.2, 0) is 23.7 Å². The van der Waals surface area contributed by atoms with Crippen LogP contribution in [0.15, 0.2) is 48.5 Å². The lowest BCUT2D eigenvalue weighted by atomic mass is 10.1. The number of alkyl halides is 6. The molecule has 3 rings (SSSR count). The van der Waals surface area contributed by atoms with Gasteiger partial charge in [0.2, 0.25) is 5.91 Å². The summed E-state index contributed by atoms with van der Waals surface area (Å²) in [7, 11) is 0. The molecule has 0 bridgehead atoms. The molecule has 0 saturated carbocycles. The van der Waals surface area contributed by atoms with Crippen LogP contribution in [0.3, 0.4) is 0 Å². The predicted octanol–water partition coefficient (Wildman–Crippen LogP) is 4.65. The quantitative estimate of drug-likeness (QED) is 0.674. The number of rotatable bonds is 4. The Morgan fingerprint density at radius 2 is 1.55 bits per heavy atom. The molecule has 31 heavy (non-hydrogen) atoms. The van der Waals surface area contributed by atoms with Gasteiger partial charge in [0.1, 0.15) is 0 Å². The number of amides is 3. The van der Waals surface area contributed by atoms with Crippen LogP contribution in [0.1, 0.15) is 23.1 Å². The zero-order chi connectivity index (χ0) is 22.8. The van der Waals surface area contributed by atoms with Crippen molar-refractivity contribution in [1.82, 2.24) is 10.2 Å². The second-order valence-corrected chi connectivity index (χ2v) is 7.05. The molecule has 3 amide bonds. The van der Waals surface area contributed by atoms with Crippen LogP contribution in [-0.4, -0.2) is 29.4 Å².